The van der Waals surface area contributed by atoms with Gasteiger partial charge in [0, 0.05) is 35.2 Å². The Kier molecular flexibility index (Phi) is 4.91. The van der Waals surface area contributed by atoms with Gasteiger partial charge in [0.1, 0.15) is 6.33 Å². The second-order valence-corrected chi connectivity index (χ2v) is 7.43. The number of hydrogen-bond acceptors (Lipinski definition) is 6. The molecule has 0 spiro atoms. The summed E-state index contributed by atoms with van der Waals surface area (Å²) in [6, 6.07) is 18.0. The maximum absolute atomic E-state index is 12.9. The van der Waals surface area contributed by atoms with Crippen LogP contribution in [-0.4, -0.2) is 49.4 Å². The first-order chi connectivity index (χ1) is 15.6. The molecule has 0 bridgehead atoms. The quantitative estimate of drug-likeness (QED) is 0.475. The molecule has 0 radical (unpaired) electrons. The summed E-state index contributed by atoms with van der Waals surface area (Å²) in [6.45, 7) is 0.167. The molecule has 0 saturated heterocycles. The Labute approximate surface area is 182 Å². The van der Waals surface area contributed by atoms with Crippen LogP contribution in [0.1, 0.15) is 33.6 Å². The number of hydrogen-bond donors (Lipinski definition) is 1. The maximum Gasteiger partial charge on any atom is 0.261 e. The van der Waals surface area contributed by atoms with Crippen LogP contribution >= 0.6 is 0 Å². The van der Waals surface area contributed by atoms with Crippen LogP contribution in [0.25, 0.3) is 16.5 Å². The van der Waals surface area contributed by atoms with E-state index < -0.39 is 0 Å². The molecular formula is C23H18N6O3. The van der Waals surface area contributed by atoms with Crippen LogP contribution in [0, 0.1) is 0 Å². The fourth-order valence-corrected chi connectivity index (χ4v) is 3.91. The van der Waals surface area contributed by atoms with E-state index in [9.17, 15) is 14.4 Å². The van der Waals surface area contributed by atoms with E-state index >= 15 is 0 Å². The Hall–Kier alpha value is -4.40. The van der Waals surface area contributed by atoms with E-state index in [0.29, 0.717) is 34.3 Å². The van der Waals surface area contributed by atoms with Gasteiger partial charge in [-0.15, -0.1) is 5.10 Å². The molecule has 1 N–H and O–H groups in total. The topological polar surface area (TPSA) is 110 Å². The molecule has 0 atom stereocenters. The molecule has 5 rings (SSSR count). The van der Waals surface area contributed by atoms with E-state index in [1.54, 1.807) is 30.3 Å². The van der Waals surface area contributed by atoms with E-state index in [0.717, 1.165) is 5.39 Å². The zero-order valence-corrected chi connectivity index (χ0v) is 16.9. The molecule has 1 aliphatic heterocycles. The van der Waals surface area contributed by atoms with Gasteiger partial charge in [0.05, 0.1) is 5.69 Å². The summed E-state index contributed by atoms with van der Waals surface area (Å²) in [6.07, 6.45) is 1.98. The molecule has 2 heterocycles. The van der Waals surface area contributed by atoms with Gasteiger partial charge in [-0.3, -0.25) is 19.3 Å². The van der Waals surface area contributed by atoms with Crippen molar-refractivity contribution in [2.75, 3.05) is 11.9 Å². The van der Waals surface area contributed by atoms with Crippen molar-refractivity contribution >= 4 is 34.2 Å². The van der Waals surface area contributed by atoms with Crippen molar-refractivity contribution in [1.29, 1.82) is 0 Å². The molecule has 0 saturated carbocycles. The normalized spacial score (nSPS) is 12.9. The zero-order valence-electron chi connectivity index (χ0n) is 16.9. The van der Waals surface area contributed by atoms with E-state index in [4.69, 9.17) is 0 Å². The van der Waals surface area contributed by atoms with Crippen LogP contribution in [0.2, 0.25) is 0 Å². The number of benzene rings is 3. The molecule has 158 valence electrons. The van der Waals surface area contributed by atoms with Crippen molar-refractivity contribution in [3.05, 3.63) is 78.1 Å². The molecule has 3 aromatic carbocycles. The van der Waals surface area contributed by atoms with Gasteiger partial charge in [0.25, 0.3) is 11.8 Å². The molecule has 1 aromatic heterocycles. The van der Waals surface area contributed by atoms with Gasteiger partial charge in [0.15, 0.2) is 0 Å². The molecule has 0 aliphatic carbocycles. The third-order valence-electron chi connectivity index (χ3n) is 5.38. The molecule has 0 unspecified atom stereocenters. The highest BCUT2D eigenvalue weighted by Crippen LogP contribution is 2.30. The number of amides is 3. The summed E-state index contributed by atoms with van der Waals surface area (Å²) in [5.74, 6) is -0.860. The van der Waals surface area contributed by atoms with E-state index in [-0.39, 0.29) is 30.7 Å². The molecule has 9 nitrogen and oxygen atoms in total. The first-order valence-corrected chi connectivity index (χ1v) is 10.1. The fourth-order valence-electron chi connectivity index (χ4n) is 3.91. The van der Waals surface area contributed by atoms with Crippen molar-refractivity contribution in [3.8, 4) is 5.69 Å². The monoisotopic (exact) mass is 426 g/mol. The first-order valence-electron chi connectivity index (χ1n) is 10.1. The minimum Gasteiger partial charge on any atom is -0.326 e. The first kappa shape index (κ1) is 19.6. The fraction of sp³-hybridized carbons (Fsp3) is 0.130. The Balaban J connectivity index is 1.23. The SMILES string of the molecule is O=C(CCCN1C(=O)c2cccc3cccc(c23)C1=O)Nc1cccc(-n2cnnn2)c1. The number of imide groups is 1. The Morgan fingerprint density at radius 3 is 2.34 bits per heavy atom. The number of carbonyl (C=O) groups excluding carboxylic acids is 3. The van der Waals surface area contributed by atoms with Crippen LogP contribution in [-0.2, 0) is 4.79 Å². The third kappa shape index (κ3) is 3.49. The van der Waals surface area contributed by atoms with Crippen molar-refractivity contribution in [2.24, 2.45) is 0 Å². The lowest BCUT2D eigenvalue weighted by Crippen LogP contribution is -2.41. The average Bonchev–Trinajstić information content (AvgIpc) is 3.35. The lowest BCUT2D eigenvalue weighted by atomic mass is 9.94. The largest absolute Gasteiger partial charge is 0.326 e. The smallest absolute Gasteiger partial charge is 0.261 e. The molecule has 0 fully saturated rings. The van der Waals surface area contributed by atoms with Gasteiger partial charge < -0.3 is 5.32 Å². The molecule has 4 aromatic rings. The summed E-state index contributed by atoms with van der Waals surface area (Å²) >= 11 is 0. The second-order valence-electron chi connectivity index (χ2n) is 7.43. The van der Waals surface area contributed by atoms with Crippen LogP contribution in [0.5, 0.6) is 0 Å². The van der Waals surface area contributed by atoms with Crippen LogP contribution in [0.3, 0.4) is 0 Å². The van der Waals surface area contributed by atoms with E-state index in [2.05, 4.69) is 20.8 Å². The van der Waals surface area contributed by atoms with Crippen molar-refractivity contribution in [1.82, 2.24) is 25.1 Å². The highest BCUT2D eigenvalue weighted by Gasteiger charge is 2.32. The maximum atomic E-state index is 12.9. The third-order valence-corrected chi connectivity index (χ3v) is 5.38. The zero-order chi connectivity index (χ0) is 22.1. The Bertz CT molecular complexity index is 1300. The minimum atomic E-state index is -0.325. The molecule has 9 heteroatoms. The summed E-state index contributed by atoms with van der Waals surface area (Å²) < 4.78 is 1.49. The van der Waals surface area contributed by atoms with Crippen LogP contribution in [0.4, 0.5) is 5.69 Å². The van der Waals surface area contributed by atoms with Crippen LogP contribution < -0.4 is 5.32 Å². The number of anilines is 1. The van der Waals surface area contributed by atoms with Gasteiger partial charge in [-0.1, -0.05) is 30.3 Å². The van der Waals surface area contributed by atoms with Crippen LogP contribution in [0.15, 0.2) is 67.0 Å². The van der Waals surface area contributed by atoms with Gasteiger partial charge in [-0.25, -0.2) is 4.68 Å². The predicted molar refractivity (Wildman–Crippen MR) is 116 cm³/mol. The number of carbonyl (C=O) groups is 3. The summed E-state index contributed by atoms with van der Waals surface area (Å²) in [5.41, 5.74) is 2.35. The van der Waals surface area contributed by atoms with Gasteiger partial charge in [-0.05, 0) is 52.6 Å². The van der Waals surface area contributed by atoms with Gasteiger partial charge in [-0.2, -0.15) is 0 Å². The number of aromatic nitrogens is 4. The lowest BCUT2D eigenvalue weighted by Gasteiger charge is -2.27. The summed E-state index contributed by atoms with van der Waals surface area (Å²) in [4.78, 5) is 39.5. The van der Waals surface area contributed by atoms with Crippen molar-refractivity contribution in [3.63, 3.8) is 0 Å². The van der Waals surface area contributed by atoms with E-state index in [1.807, 2.05) is 30.3 Å². The standard InChI is InChI=1S/C23H18N6O3/c30-20(25-16-7-3-8-17(13-16)29-14-24-26-27-29)11-4-12-28-22(31)18-9-1-5-15-6-2-10-19(21(15)18)23(28)32/h1-3,5-10,13-14H,4,11-12H2,(H,25,30). The van der Waals surface area contributed by atoms with Gasteiger partial charge >= 0.3 is 0 Å². The highest BCUT2D eigenvalue weighted by atomic mass is 16.2. The van der Waals surface area contributed by atoms with E-state index in [1.165, 1.54) is 15.9 Å². The number of rotatable bonds is 6. The predicted octanol–water partition coefficient (Wildman–Crippen LogP) is 2.83. The summed E-state index contributed by atoms with van der Waals surface area (Å²) in [5, 5.41) is 15.4. The molecular weight excluding hydrogens is 408 g/mol. The number of nitrogens with one attached hydrogen (secondary N) is 1. The summed E-state index contributed by atoms with van der Waals surface area (Å²) in [7, 11) is 0. The molecule has 1 aliphatic rings. The average molecular weight is 426 g/mol. The minimum absolute atomic E-state index is 0.165. The van der Waals surface area contributed by atoms with Crippen molar-refractivity contribution in [2.45, 2.75) is 12.8 Å². The molecule has 3 amide bonds. The Morgan fingerprint density at radius 2 is 1.66 bits per heavy atom. The number of nitrogens with zero attached hydrogens (tertiary/aromatic N) is 5. The van der Waals surface area contributed by atoms with Crippen molar-refractivity contribution < 1.29 is 14.4 Å². The van der Waals surface area contributed by atoms with Gasteiger partial charge in [0.2, 0.25) is 5.91 Å². The number of tetrazole rings is 1. The Morgan fingerprint density at radius 1 is 0.938 bits per heavy atom. The highest BCUT2D eigenvalue weighted by molar-refractivity contribution is 6.25. The molecule has 32 heavy (non-hydrogen) atoms. The second kappa shape index (κ2) is 8.03. The lowest BCUT2D eigenvalue weighted by molar-refractivity contribution is -0.116.